The minimum atomic E-state index is -0.494. The van der Waals surface area contributed by atoms with Crippen LogP contribution in [0.5, 0.6) is 0 Å². The highest BCUT2D eigenvalue weighted by Gasteiger charge is 2.15. The Morgan fingerprint density at radius 2 is 2.26 bits per heavy atom. The molecule has 100 valence electrons. The Morgan fingerprint density at radius 1 is 1.47 bits per heavy atom. The zero-order valence-electron chi connectivity index (χ0n) is 10.3. The average Bonchev–Trinajstić information content (AvgIpc) is 2.89. The number of nitro groups is 1. The molecule has 0 spiro atoms. The first-order valence-corrected chi connectivity index (χ1v) is 6.65. The van der Waals surface area contributed by atoms with Gasteiger partial charge < -0.3 is 5.32 Å². The highest BCUT2D eigenvalue weighted by atomic mass is 32.1. The molecule has 0 aliphatic carbocycles. The maximum Gasteiger partial charge on any atom is 0.274 e. The van der Waals surface area contributed by atoms with E-state index in [1.54, 1.807) is 11.3 Å². The molecule has 0 radical (unpaired) electrons. The van der Waals surface area contributed by atoms with E-state index in [-0.39, 0.29) is 18.3 Å². The third-order valence-electron chi connectivity index (χ3n) is 2.81. The number of hydrogen-bond donors (Lipinski definition) is 1. The quantitative estimate of drug-likeness (QED) is 0.672. The molecule has 2 aromatic rings. The summed E-state index contributed by atoms with van der Waals surface area (Å²) in [4.78, 5) is 11.5. The standard InChI is InChI=1S/C13H13FN2O2S/c1-9(13-3-2-6-19-13)15-8-10-7-11(14)4-5-12(10)16(17)18/h2-7,9,15H,8H2,1H3/t9-/m1/s1. The van der Waals surface area contributed by atoms with Crippen molar-refractivity contribution in [2.24, 2.45) is 0 Å². The second kappa shape index (κ2) is 5.90. The lowest BCUT2D eigenvalue weighted by molar-refractivity contribution is -0.385. The van der Waals surface area contributed by atoms with Gasteiger partial charge in [-0.1, -0.05) is 6.07 Å². The van der Waals surface area contributed by atoms with Crippen LogP contribution >= 0.6 is 11.3 Å². The number of halogens is 1. The molecule has 1 atom stereocenters. The van der Waals surface area contributed by atoms with Gasteiger partial charge in [-0.2, -0.15) is 0 Å². The van der Waals surface area contributed by atoms with E-state index in [1.165, 1.54) is 12.1 Å². The molecule has 4 nitrogen and oxygen atoms in total. The van der Waals surface area contributed by atoms with Crippen LogP contribution in [-0.2, 0) is 6.54 Å². The Morgan fingerprint density at radius 3 is 2.89 bits per heavy atom. The fourth-order valence-electron chi connectivity index (χ4n) is 1.78. The number of thiophene rings is 1. The van der Waals surface area contributed by atoms with Crippen LogP contribution in [0.25, 0.3) is 0 Å². The van der Waals surface area contributed by atoms with Crippen molar-refractivity contribution >= 4 is 17.0 Å². The monoisotopic (exact) mass is 280 g/mol. The maximum absolute atomic E-state index is 13.2. The number of nitro benzene ring substituents is 1. The van der Waals surface area contributed by atoms with Gasteiger partial charge in [0, 0.05) is 29.1 Å². The van der Waals surface area contributed by atoms with Gasteiger partial charge in [0.1, 0.15) is 5.82 Å². The van der Waals surface area contributed by atoms with E-state index in [0.29, 0.717) is 5.56 Å². The van der Waals surface area contributed by atoms with E-state index in [1.807, 2.05) is 24.4 Å². The van der Waals surface area contributed by atoms with Gasteiger partial charge in [-0.3, -0.25) is 10.1 Å². The highest BCUT2D eigenvalue weighted by molar-refractivity contribution is 7.10. The van der Waals surface area contributed by atoms with E-state index in [2.05, 4.69) is 5.32 Å². The lowest BCUT2D eigenvalue weighted by atomic mass is 10.1. The molecular formula is C13H13FN2O2S. The molecule has 2 rings (SSSR count). The predicted octanol–water partition coefficient (Wildman–Crippen LogP) is 3.65. The number of nitrogens with one attached hydrogen (secondary N) is 1. The summed E-state index contributed by atoms with van der Waals surface area (Å²) < 4.78 is 13.2. The van der Waals surface area contributed by atoms with Crippen LogP contribution in [0.1, 0.15) is 23.4 Å². The predicted molar refractivity (Wildman–Crippen MR) is 72.6 cm³/mol. The Balaban J connectivity index is 2.10. The Labute approximate surface area is 114 Å². The van der Waals surface area contributed by atoms with E-state index < -0.39 is 10.7 Å². The molecule has 1 aromatic heterocycles. The molecule has 0 unspecified atom stereocenters. The average molecular weight is 280 g/mol. The Kier molecular flexibility index (Phi) is 4.24. The molecule has 0 saturated carbocycles. The van der Waals surface area contributed by atoms with Crippen LogP contribution in [0, 0.1) is 15.9 Å². The van der Waals surface area contributed by atoms with E-state index in [9.17, 15) is 14.5 Å². The van der Waals surface area contributed by atoms with Crippen LogP contribution in [0.4, 0.5) is 10.1 Å². The lowest BCUT2D eigenvalue weighted by Crippen LogP contribution is -2.18. The van der Waals surface area contributed by atoms with Crippen LogP contribution < -0.4 is 5.32 Å². The van der Waals surface area contributed by atoms with E-state index in [4.69, 9.17) is 0 Å². The number of rotatable bonds is 5. The first kappa shape index (κ1) is 13.6. The Bertz CT molecular complexity index is 572. The van der Waals surface area contributed by atoms with Crippen molar-refractivity contribution in [2.45, 2.75) is 19.5 Å². The van der Waals surface area contributed by atoms with Crippen molar-refractivity contribution in [3.8, 4) is 0 Å². The summed E-state index contributed by atoms with van der Waals surface area (Å²) in [5.74, 6) is -0.467. The van der Waals surface area contributed by atoms with E-state index in [0.717, 1.165) is 10.9 Å². The maximum atomic E-state index is 13.2. The van der Waals surface area contributed by atoms with Gasteiger partial charge in [0.05, 0.1) is 4.92 Å². The summed E-state index contributed by atoms with van der Waals surface area (Å²) in [6, 6.07) is 7.51. The molecule has 1 aromatic carbocycles. The normalized spacial score (nSPS) is 12.3. The first-order chi connectivity index (χ1) is 9.08. The van der Waals surface area contributed by atoms with Gasteiger partial charge in [-0.15, -0.1) is 11.3 Å². The van der Waals surface area contributed by atoms with Crippen molar-refractivity contribution in [3.63, 3.8) is 0 Å². The van der Waals surface area contributed by atoms with Crippen LogP contribution in [0.3, 0.4) is 0 Å². The first-order valence-electron chi connectivity index (χ1n) is 5.77. The van der Waals surface area contributed by atoms with Crippen LogP contribution in [0.2, 0.25) is 0 Å². The molecule has 0 bridgehead atoms. The molecular weight excluding hydrogens is 267 g/mol. The number of benzene rings is 1. The Hall–Kier alpha value is -1.79. The lowest BCUT2D eigenvalue weighted by Gasteiger charge is -2.12. The summed E-state index contributed by atoms with van der Waals surface area (Å²) in [6.45, 7) is 2.23. The largest absolute Gasteiger partial charge is 0.305 e. The summed E-state index contributed by atoms with van der Waals surface area (Å²) >= 11 is 1.61. The fourth-order valence-corrected chi connectivity index (χ4v) is 2.53. The SMILES string of the molecule is C[C@@H](NCc1cc(F)ccc1[N+](=O)[O-])c1cccs1. The molecule has 19 heavy (non-hydrogen) atoms. The molecule has 0 aliphatic rings. The molecule has 1 heterocycles. The second-order valence-electron chi connectivity index (χ2n) is 4.15. The van der Waals surface area contributed by atoms with Crippen LogP contribution in [-0.4, -0.2) is 4.92 Å². The van der Waals surface area contributed by atoms with Gasteiger partial charge in [-0.05, 0) is 30.5 Å². The van der Waals surface area contributed by atoms with Crippen molar-refractivity contribution in [1.29, 1.82) is 0 Å². The third kappa shape index (κ3) is 3.36. The molecule has 1 N–H and O–H groups in total. The van der Waals surface area contributed by atoms with Crippen LogP contribution in [0.15, 0.2) is 35.7 Å². The minimum Gasteiger partial charge on any atom is -0.305 e. The van der Waals surface area contributed by atoms with Gasteiger partial charge in [0.2, 0.25) is 0 Å². The third-order valence-corrected chi connectivity index (χ3v) is 3.86. The summed E-state index contributed by atoms with van der Waals surface area (Å²) in [7, 11) is 0. The highest BCUT2D eigenvalue weighted by Crippen LogP contribution is 2.22. The van der Waals surface area contributed by atoms with Gasteiger partial charge >= 0.3 is 0 Å². The van der Waals surface area contributed by atoms with Crippen molar-refractivity contribution in [3.05, 3.63) is 62.1 Å². The molecule has 0 aliphatic heterocycles. The number of nitrogens with zero attached hydrogens (tertiary/aromatic N) is 1. The molecule has 6 heteroatoms. The summed E-state index contributed by atoms with van der Waals surface area (Å²) in [6.07, 6.45) is 0. The summed E-state index contributed by atoms with van der Waals surface area (Å²) in [5, 5.41) is 16.0. The second-order valence-corrected chi connectivity index (χ2v) is 5.13. The fraction of sp³-hybridized carbons (Fsp3) is 0.231. The van der Waals surface area contributed by atoms with Crippen molar-refractivity contribution in [1.82, 2.24) is 5.32 Å². The van der Waals surface area contributed by atoms with Gasteiger partial charge in [0.25, 0.3) is 5.69 Å². The molecule has 0 saturated heterocycles. The topological polar surface area (TPSA) is 55.2 Å². The van der Waals surface area contributed by atoms with Crippen molar-refractivity contribution in [2.75, 3.05) is 0 Å². The summed E-state index contributed by atoms with van der Waals surface area (Å²) in [5.41, 5.74) is 0.292. The molecule has 0 amide bonds. The van der Waals surface area contributed by atoms with Gasteiger partial charge in [-0.25, -0.2) is 4.39 Å². The van der Waals surface area contributed by atoms with Gasteiger partial charge in [0.15, 0.2) is 0 Å². The zero-order valence-corrected chi connectivity index (χ0v) is 11.1. The zero-order chi connectivity index (χ0) is 13.8. The van der Waals surface area contributed by atoms with Crippen molar-refractivity contribution < 1.29 is 9.31 Å². The number of hydrogen-bond acceptors (Lipinski definition) is 4. The minimum absolute atomic E-state index is 0.0627. The van der Waals surface area contributed by atoms with E-state index >= 15 is 0 Å². The molecule has 0 fully saturated rings. The smallest absolute Gasteiger partial charge is 0.274 e.